The normalized spacial score (nSPS) is 26.1. The lowest BCUT2D eigenvalue weighted by Gasteiger charge is -2.27. The minimum absolute atomic E-state index is 0.00889. The fourth-order valence-electron chi connectivity index (χ4n) is 2.50. The van der Waals surface area contributed by atoms with Crippen LogP contribution in [0.3, 0.4) is 0 Å². The lowest BCUT2D eigenvalue weighted by molar-refractivity contribution is 0.0686. The van der Waals surface area contributed by atoms with Crippen molar-refractivity contribution in [3.63, 3.8) is 0 Å². The smallest absolute Gasteiger partial charge is 0.264 e. The second kappa shape index (κ2) is 4.35. The number of carbonyl (C=O) groups is 1. The molecule has 2 fully saturated rings. The van der Waals surface area contributed by atoms with E-state index in [9.17, 15) is 13.2 Å². The van der Waals surface area contributed by atoms with Crippen LogP contribution < -0.4 is 0 Å². The number of thiophene rings is 1. The molecule has 0 spiro atoms. The molecule has 1 saturated heterocycles. The van der Waals surface area contributed by atoms with Crippen LogP contribution in [-0.2, 0) is 9.84 Å². The highest BCUT2D eigenvalue weighted by molar-refractivity contribution is 7.91. The van der Waals surface area contributed by atoms with Crippen molar-refractivity contribution in [2.75, 3.05) is 11.5 Å². The van der Waals surface area contributed by atoms with E-state index in [4.69, 9.17) is 0 Å². The Balaban J connectivity index is 1.83. The monoisotopic (exact) mass is 285 g/mol. The number of hydrogen-bond donors (Lipinski definition) is 0. The van der Waals surface area contributed by atoms with Crippen LogP contribution in [0.15, 0.2) is 17.5 Å². The number of rotatable bonds is 3. The van der Waals surface area contributed by atoms with Gasteiger partial charge in [-0.3, -0.25) is 4.79 Å². The zero-order chi connectivity index (χ0) is 12.8. The summed E-state index contributed by atoms with van der Waals surface area (Å²) < 4.78 is 23.1. The summed E-state index contributed by atoms with van der Waals surface area (Å²) in [6.45, 7) is 0. The van der Waals surface area contributed by atoms with Gasteiger partial charge in [0.1, 0.15) is 0 Å². The highest BCUT2D eigenvalue weighted by Gasteiger charge is 2.42. The maximum atomic E-state index is 12.4. The highest BCUT2D eigenvalue weighted by Crippen LogP contribution is 2.34. The zero-order valence-corrected chi connectivity index (χ0v) is 11.5. The molecule has 0 bridgehead atoms. The molecule has 1 aliphatic heterocycles. The molecular formula is C12H15NO3S2. The standard InChI is InChI=1S/C12H15NO3S2/c14-12(11-2-1-6-17-11)13(9-3-4-9)10-5-7-18(15,16)8-10/h1-2,6,9-10H,3-5,7-8H2. The van der Waals surface area contributed by atoms with Gasteiger partial charge in [-0.2, -0.15) is 0 Å². The number of amides is 1. The van der Waals surface area contributed by atoms with Crippen molar-refractivity contribution in [3.05, 3.63) is 22.4 Å². The first-order valence-corrected chi connectivity index (χ1v) is 8.83. The average molecular weight is 285 g/mol. The molecule has 1 aromatic rings. The average Bonchev–Trinajstić information content (AvgIpc) is 2.87. The van der Waals surface area contributed by atoms with E-state index in [1.807, 2.05) is 22.4 Å². The third-order valence-corrected chi connectivity index (χ3v) is 6.12. The molecule has 1 aliphatic carbocycles. The van der Waals surface area contributed by atoms with Crippen molar-refractivity contribution in [1.82, 2.24) is 4.90 Å². The Hall–Kier alpha value is -0.880. The van der Waals surface area contributed by atoms with Gasteiger partial charge in [-0.15, -0.1) is 11.3 Å². The second-order valence-electron chi connectivity index (χ2n) is 4.98. The third kappa shape index (κ3) is 2.31. The van der Waals surface area contributed by atoms with Gasteiger partial charge in [-0.05, 0) is 30.7 Å². The molecule has 0 radical (unpaired) electrons. The summed E-state index contributed by atoms with van der Waals surface area (Å²) in [6.07, 6.45) is 2.61. The minimum Gasteiger partial charge on any atom is -0.331 e. The Kier molecular flexibility index (Phi) is 2.94. The van der Waals surface area contributed by atoms with Crippen molar-refractivity contribution in [2.45, 2.75) is 31.3 Å². The Morgan fingerprint density at radius 3 is 2.56 bits per heavy atom. The van der Waals surface area contributed by atoms with Crippen LogP contribution in [0.4, 0.5) is 0 Å². The molecule has 0 N–H and O–H groups in total. The Bertz CT molecular complexity index is 546. The zero-order valence-electron chi connectivity index (χ0n) is 9.91. The molecule has 2 heterocycles. The fourth-order valence-corrected chi connectivity index (χ4v) is 4.88. The molecule has 2 aliphatic rings. The molecule has 4 nitrogen and oxygen atoms in total. The van der Waals surface area contributed by atoms with Crippen LogP contribution in [-0.4, -0.2) is 42.8 Å². The fraction of sp³-hybridized carbons (Fsp3) is 0.583. The summed E-state index contributed by atoms with van der Waals surface area (Å²) in [4.78, 5) is 15.0. The van der Waals surface area contributed by atoms with Gasteiger partial charge in [-0.1, -0.05) is 6.07 Å². The molecule has 98 valence electrons. The maximum absolute atomic E-state index is 12.4. The highest BCUT2D eigenvalue weighted by atomic mass is 32.2. The predicted octanol–water partition coefficient (Wildman–Crippen LogP) is 1.54. The maximum Gasteiger partial charge on any atom is 0.264 e. The third-order valence-electron chi connectivity index (χ3n) is 3.51. The van der Waals surface area contributed by atoms with Crippen LogP contribution in [0.5, 0.6) is 0 Å². The Morgan fingerprint density at radius 1 is 1.28 bits per heavy atom. The summed E-state index contributed by atoms with van der Waals surface area (Å²) in [6, 6.07) is 3.82. The number of sulfone groups is 1. The van der Waals surface area contributed by atoms with E-state index in [2.05, 4.69) is 0 Å². The summed E-state index contributed by atoms with van der Waals surface area (Å²) >= 11 is 1.42. The molecule has 1 atom stereocenters. The van der Waals surface area contributed by atoms with E-state index in [1.54, 1.807) is 0 Å². The lowest BCUT2D eigenvalue weighted by Crippen LogP contribution is -2.42. The van der Waals surface area contributed by atoms with Gasteiger partial charge < -0.3 is 4.90 Å². The van der Waals surface area contributed by atoms with Crippen LogP contribution in [0.25, 0.3) is 0 Å². The van der Waals surface area contributed by atoms with Gasteiger partial charge >= 0.3 is 0 Å². The van der Waals surface area contributed by atoms with Crippen molar-refractivity contribution in [2.24, 2.45) is 0 Å². The van der Waals surface area contributed by atoms with Crippen molar-refractivity contribution < 1.29 is 13.2 Å². The van der Waals surface area contributed by atoms with E-state index >= 15 is 0 Å². The molecule has 18 heavy (non-hydrogen) atoms. The summed E-state index contributed by atoms with van der Waals surface area (Å²) in [5.41, 5.74) is 0. The minimum atomic E-state index is -2.94. The predicted molar refractivity (Wildman–Crippen MR) is 70.6 cm³/mol. The molecule has 6 heteroatoms. The summed E-state index contributed by atoms with van der Waals surface area (Å²) in [7, 11) is -2.94. The molecule has 1 saturated carbocycles. The van der Waals surface area contributed by atoms with Gasteiger partial charge in [0.05, 0.1) is 16.4 Å². The Morgan fingerprint density at radius 2 is 2.06 bits per heavy atom. The van der Waals surface area contributed by atoms with Crippen LogP contribution in [0.1, 0.15) is 28.9 Å². The van der Waals surface area contributed by atoms with Crippen LogP contribution in [0.2, 0.25) is 0 Å². The largest absolute Gasteiger partial charge is 0.331 e. The van der Waals surface area contributed by atoms with Crippen LogP contribution in [0, 0.1) is 0 Å². The van der Waals surface area contributed by atoms with Crippen molar-refractivity contribution in [3.8, 4) is 0 Å². The quantitative estimate of drug-likeness (QED) is 0.846. The molecule has 3 rings (SSSR count). The molecular weight excluding hydrogens is 270 g/mol. The molecule has 1 amide bonds. The number of nitrogens with zero attached hydrogens (tertiary/aromatic N) is 1. The molecule has 0 aromatic carbocycles. The van der Waals surface area contributed by atoms with E-state index < -0.39 is 9.84 Å². The summed E-state index contributed by atoms with van der Waals surface area (Å²) in [5, 5.41) is 1.88. The topological polar surface area (TPSA) is 54.5 Å². The Labute approximate surface area is 111 Å². The van der Waals surface area contributed by atoms with Crippen LogP contribution >= 0.6 is 11.3 Å². The number of carbonyl (C=O) groups excluding carboxylic acids is 1. The van der Waals surface area contributed by atoms with Gasteiger partial charge in [0, 0.05) is 12.1 Å². The number of hydrogen-bond acceptors (Lipinski definition) is 4. The van der Waals surface area contributed by atoms with Crippen molar-refractivity contribution >= 4 is 27.1 Å². The van der Waals surface area contributed by atoms with Gasteiger partial charge in [-0.25, -0.2) is 8.42 Å². The van der Waals surface area contributed by atoms with E-state index in [0.717, 1.165) is 12.8 Å². The first-order chi connectivity index (χ1) is 8.57. The first-order valence-electron chi connectivity index (χ1n) is 6.13. The van der Waals surface area contributed by atoms with Gasteiger partial charge in [0.25, 0.3) is 5.91 Å². The molecule has 1 unspecified atom stereocenters. The van der Waals surface area contributed by atoms with E-state index in [0.29, 0.717) is 11.3 Å². The van der Waals surface area contributed by atoms with Gasteiger partial charge in [0.15, 0.2) is 9.84 Å². The second-order valence-corrected chi connectivity index (χ2v) is 8.15. The first kappa shape index (κ1) is 12.2. The van der Waals surface area contributed by atoms with Gasteiger partial charge in [0.2, 0.25) is 0 Å². The SMILES string of the molecule is O=C(c1cccs1)N(C1CC1)C1CCS(=O)(=O)C1. The van der Waals surface area contributed by atoms with E-state index in [-0.39, 0.29) is 29.5 Å². The van der Waals surface area contributed by atoms with E-state index in [1.165, 1.54) is 11.3 Å². The molecule has 1 aromatic heterocycles. The van der Waals surface area contributed by atoms with Crippen molar-refractivity contribution in [1.29, 1.82) is 0 Å². The summed E-state index contributed by atoms with van der Waals surface area (Å²) in [5.74, 6) is 0.369. The lowest BCUT2D eigenvalue weighted by atomic mass is 10.2.